The monoisotopic (exact) mass is 327 g/mol. The van der Waals surface area contributed by atoms with Crippen LogP contribution in [0.4, 0.5) is 8.78 Å². The van der Waals surface area contributed by atoms with Crippen LogP contribution in [0, 0.1) is 0 Å². The Bertz CT molecular complexity index is 673. The topological polar surface area (TPSA) is 86.3 Å². The molecular formula is C13H15F2N5O3. The predicted octanol–water partition coefficient (Wildman–Crippen LogP) is 1.02. The van der Waals surface area contributed by atoms with Gasteiger partial charge in [0.2, 0.25) is 11.8 Å². The summed E-state index contributed by atoms with van der Waals surface area (Å²) in [7, 11) is 1.46. The average Bonchev–Trinajstić information content (AvgIpc) is 3.19. The fraction of sp³-hybridized carbons (Fsp3) is 0.538. The third-order valence-corrected chi connectivity index (χ3v) is 3.49. The highest BCUT2D eigenvalue weighted by Crippen LogP contribution is 2.40. The molecule has 10 heteroatoms. The normalized spacial score (nSPS) is 20.1. The molecule has 0 unspecified atom stereocenters. The summed E-state index contributed by atoms with van der Waals surface area (Å²) in [5.41, 5.74) is 0. The van der Waals surface area contributed by atoms with E-state index in [9.17, 15) is 13.6 Å². The second-order valence-electron chi connectivity index (χ2n) is 5.28. The van der Waals surface area contributed by atoms with Crippen molar-refractivity contribution in [2.75, 3.05) is 13.7 Å². The summed E-state index contributed by atoms with van der Waals surface area (Å²) in [5, 5.41) is 7.56. The van der Waals surface area contributed by atoms with Gasteiger partial charge in [-0.3, -0.25) is 9.48 Å². The molecule has 23 heavy (non-hydrogen) atoms. The number of hydrogen-bond acceptors (Lipinski definition) is 6. The van der Waals surface area contributed by atoms with Crippen molar-refractivity contribution in [2.24, 2.45) is 0 Å². The zero-order valence-electron chi connectivity index (χ0n) is 12.4. The van der Waals surface area contributed by atoms with Gasteiger partial charge in [0.15, 0.2) is 5.82 Å². The van der Waals surface area contributed by atoms with E-state index in [1.165, 1.54) is 18.0 Å². The second-order valence-corrected chi connectivity index (χ2v) is 5.28. The van der Waals surface area contributed by atoms with Crippen LogP contribution in [0.5, 0.6) is 0 Å². The Morgan fingerprint density at radius 1 is 1.57 bits per heavy atom. The molecule has 124 valence electrons. The second kappa shape index (κ2) is 6.03. The van der Waals surface area contributed by atoms with Crippen LogP contribution in [0.2, 0.25) is 0 Å². The van der Waals surface area contributed by atoms with E-state index in [-0.39, 0.29) is 24.9 Å². The Hall–Kier alpha value is -2.36. The molecule has 0 spiro atoms. The number of likely N-dealkylation sites (tertiary alicyclic amines) is 1. The number of hydrogen-bond donors (Lipinski definition) is 0. The number of aromatic nitrogens is 4. The van der Waals surface area contributed by atoms with E-state index in [0.29, 0.717) is 0 Å². The van der Waals surface area contributed by atoms with Gasteiger partial charge in [-0.25, -0.2) is 8.78 Å². The van der Waals surface area contributed by atoms with Gasteiger partial charge in [0.1, 0.15) is 19.2 Å². The third-order valence-electron chi connectivity index (χ3n) is 3.49. The Morgan fingerprint density at radius 3 is 3.09 bits per heavy atom. The molecule has 0 aromatic carbocycles. The molecule has 1 fully saturated rings. The van der Waals surface area contributed by atoms with Crippen LogP contribution in [0.15, 0.2) is 23.0 Å². The van der Waals surface area contributed by atoms with E-state index in [0.717, 1.165) is 4.90 Å². The van der Waals surface area contributed by atoms with E-state index >= 15 is 0 Å². The van der Waals surface area contributed by atoms with Gasteiger partial charge in [-0.1, -0.05) is 5.16 Å². The van der Waals surface area contributed by atoms with Crippen molar-refractivity contribution in [3.63, 3.8) is 0 Å². The lowest BCUT2D eigenvalue weighted by Crippen LogP contribution is -2.35. The largest absolute Gasteiger partial charge is 0.377 e. The molecule has 0 bridgehead atoms. The highest BCUT2D eigenvalue weighted by Gasteiger charge is 2.49. The summed E-state index contributed by atoms with van der Waals surface area (Å²) >= 11 is 0. The summed E-state index contributed by atoms with van der Waals surface area (Å²) in [5.74, 6) is -3.25. The maximum Gasteiger partial charge on any atom is 0.267 e. The summed E-state index contributed by atoms with van der Waals surface area (Å²) in [6, 6.07) is 0.699. The van der Waals surface area contributed by atoms with Crippen LogP contribution in [-0.4, -0.2) is 50.3 Å². The van der Waals surface area contributed by atoms with Gasteiger partial charge in [0.25, 0.3) is 5.92 Å². The molecule has 0 saturated carbocycles. The summed E-state index contributed by atoms with van der Waals surface area (Å²) in [4.78, 5) is 17.4. The first-order chi connectivity index (χ1) is 11.0. The quantitative estimate of drug-likeness (QED) is 0.815. The van der Waals surface area contributed by atoms with Crippen molar-refractivity contribution < 1.29 is 22.8 Å². The van der Waals surface area contributed by atoms with E-state index < -0.39 is 30.8 Å². The molecule has 1 amide bonds. The van der Waals surface area contributed by atoms with Crippen LogP contribution in [-0.2, 0) is 22.7 Å². The molecule has 0 radical (unpaired) electrons. The number of ether oxygens (including phenoxy) is 1. The van der Waals surface area contributed by atoms with Gasteiger partial charge in [-0.05, 0) is 6.07 Å². The minimum Gasteiger partial charge on any atom is -0.377 e. The van der Waals surface area contributed by atoms with Crippen molar-refractivity contribution in [2.45, 2.75) is 31.5 Å². The number of amides is 1. The fourth-order valence-electron chi connectivity index (χ4n) is 2.51. The van der Waals surface area contributed by atoms with Gasteiger partial charge in [-0.15, -0.1) is 0 Å². The SMILES string of the molecule is COCc1noc([C@@H]2CC(F)(F)CN2C(=O)Cn2cccn2)n1. The number of nitrogens with zero attached hydrogens (tertiary/aromatic N) is 5. The lowest BCUT2D eigenvalue weighted by Gasteiger charge is -2.21. The minimum absolute atomic E-state index is 0.0111. The van der Waals surface area contributed by atoms with Crippen LogP contribution in [0.3, 0.4) is 0 Å². The van der Waals surface area contributed by atoms with E-state index in [1.54, 1.807) is 12.3 Å². The van der Waals surface area contributed by atoms with Crippen LogP contribution < -0.4 is 0 Å². The lowest BCUT2D eigenvalue weighted by molar-refractivity contribution is -0.134. The molecule has 3 heterocycles. The third kappa shape index (κ3) is 3.36. The van der Waals surface area contributed by atoms with Crippen molar-refractivity contribution in [1.82, 2.24) is 24.8 Å². The summed E-state index contributed by atoms with van der Waals surface area (Å²) in [6.45, 7) is -0.702. The predicted molar refractivity (Wildman–Crippen MR) is 71.3 cm³/mol. The Balaban J connectivity index is 1.79. The molecule has 1 aliphatic heterocycles. The highest BCUT2D eigenvalue weighted by molar-refractivity contribution is 5.76. The van der Waals surface area contributed by atoms with Crippen molar-refractivity contribution in [3.8, 4) is 0 Å². The van der Waals surface area contributed by atoms with Crippen molar-refractivity contribution >= 4 is 5.91 Å². The zero-order chi connectivity index (χ0) is 16.4. The van der Waals surface area contributed by atoms with Crippen LogP contribution in [0.25, 0.3) is 0 Å². The first-order valence-corrected chi connectivity index (χ1v) is 6.94. The molecule has 3 rings (SSSR count). The van der Waals surface area contributed by atoms with Crippen molar-refractivity contribution in [3.05, 3.63) is 30.2 Å². The molecule has 2 aromatic heterocycles. The minimum atomic E-state index is -3.00. The molecular weight excluding hydrogens is 312 g/mol. The maximum absolute atomic E-state index is 13.8. The van der Waals surface area contributed by atoms with Gasteiger partial charge >= 0.3 is 0 Å². The number of carbonyl (C=O) groups excluding carboxylic acids is 1. The zero-order valence-corrected chi connectivity index (χ0v) is 12.4. The molecule has 1 saturated heterocycles. The standard InChI is InChI=1S/C13H15F2N5O3/c1-22-7-10-17-12(23-18-10)9-5-13(14,15)8-20(9)11(21)6-19-4-2-3-16-19/h2-4,9H,5-8H2,1H3/t9-/m0/s1. The number of alkyl halides is 2. The molecule has 0 N–H and O–H groups in total. The highest BCUT2D eigenvalue weighted by atomic mass is 19.3. The van der Waals surface area contributed by atoms with Gasteiger partial charge < -0.3 is 14.2 Å². The number of halogens is 2. The number of carbonyl (C=O) groups is 1. The van der Waals surface area contributed by atoms with Crippen LogP contribution >= 0.6 is 0 Å². The van der Waals surface area contributed by atoms with Crippen molar-refractivity contribution in [1.29, 1.82) is 0 Å². The molecule has 0 aliphatic carbocycles. The Morgan fingerprint density at radius 2 is 2.39 bits per heavy atom. The summed E-state index contributed by atoms with van der Waals surface area (Å²) in [6.07, 6.45) is 2.55. The smallest absolute Gasteiger partial charge is 0.267 e. The molecule has 1 aliphatic rings. The van der Waals surface area contributed by atoms with E-state index in [2.05, 4.69) is 15.2 Å². The fourth-order valence-corrected chi connectivity index (χ4v) is 2.51. The van der Waals surface area contributed by atoms with Gasteiger partial charge in [0.05, 0.1) is 6.54 Å². The molecule has 1 atom stereocenters. The van der Waals surface area contributed by atoms with E-state index in [4.69, 9.17) is 9.26 Å². The number of methoxy groups -OCH3 is 1. The Labute approximate surface area is 130 Å². The molecule has 8 nitrogen and oxygen atoms in total. The van der Waals surface area contributed by atoms with Gasteiger partial charge in [0, 0.05) is 25.9 Å². The first-order valence-electron chi connectivity index (χ1n) is 6.94. The summed E-state index contributed by atoms with van der Waals surface area (Å²) < 4.78 is 38.8. The Kier molecular flexibility index (Phi) is 4.07. The van der Waals surface area contributed by atoms with Gasteiger partial charge in [-0.2, -0.15) is 10.1 Å². The molecule has 2 aromatic rings. The van der Waals surface area contributed by atoms with Crippen LogP contribution in [0.1, 0.15) is 24.2 Å². The average molecular weight is 327 g/mol. The number of rotatable bonds is 5. The van der Waals surface area contributed by atoms with E-state index in [1.807, 2.05) is 0 Å². The first kappa shape index (κ1) is 15.5. The maximum atomic E-state index is 13.8. The lowest BCUT2D eigenvalue weighted by atomic mass is 10.2.